The fourth-order valence-corrected chi connectivity index (χ4v) is 2.74. The van der Waals surface area contributed by atoms with E-state index in [2.05, 4.69) is 15.5 Å². The second-order valence-electron chi connectivity index (χ2n) is 5.73. The number of nitrogens with one attached hydrogen (secondary N) is 2. The summed E-state index contributed by atoms with van der Waals surface area (Å²) in [6.07, 6.45) is 1.31. The van der Waals surface area contributed by atoms with E-state index in [-0.39, 0.29) is 18.0 Å². The number of anilines is 3. The molecule has 5 nitrogen and oxygen atoms in total. The van der Waals surface area contributed by atoms with Crippen molar-refractivity contribution in [3.8, 4) is 0 Å². The largest absolute Gasteiger partial charge is 0.380 e. The van der Waals surface area contributed by atoms with Crippen LogP contribution in [0.25, 0.3) is 0 Å². The smallest absolute Gasteiger partial charge is 0.323 e. The summed E-state index contributed by atoms with van der Waals surface area (Å²) >= 11 is 0. The van der Waals surface area contributed by atoms with Gasteiger partial charge in [-0.1, -0.05) is 0 Å². The number of hydrogen-bond donors (Lipinski definition) is 2. The molecule has 2 aromatic rings. The number of nitrogens with zero attached hydrogens (tertiary/aromatic N) is 1. The third-order valence-electron chi connectivity index (χ3n) is 4.07. The second-order valence-corrected chi connectivity index (χ2v) is 5.73. The van der Waals surface area contributed by atoms with Gasteiger partial charge in [0.15, 0.2) is 0 Å². The van der Waals surface area contributed by atoms with Crippen LogP contribution in [-0.4, -0.2) is 32.3 Å². The summed E-state index contributed by atoms with van der Waals surface area (Å²) < 4.78 is 18.2. The first kappa shape index (κ1) is 16.3. The highest BCUT2D eigenvalue weighted by molar-refractivity contribution is 5.99. The van der Waals surface area contributed by atoms with Gasteiger partial charge in [-0.05, 0) is 55.0 Å². The van der Waals surface area contributed by atoms with Crippen LogP contribution >= 0.6 is 0 Å². The Bertz CT molecular complexity index is 688. The van der Waals surface area contributed by atoms with Crippen LogP contribution in [-0.2, 0) is 4.74 Å². The number of rotatable bonds is 4. The average Bonchev–Trinajstić information content (AvgIpc) is 3.07. The van der Waals surface area contributed by atoms with E-state index in [9.17, 15) is 9.18 Å². The number of methoxy groups -OCH3 is 1. The van der Waals surface area contributed by atoms with Crippen molar-refractivity contribution in [1.82, 2.24) is 0 Å². The number of halogens is 1. The lowest BCUT2D eigenvalue weighted by Crippen LogP contribution is -2.22. The topological polar surface area (TPSA) is 53.6 Å². The Labute approximate surface area is 140 Å². The standard InChI is InChI=1S/C18H20FN3O2/c1-24-17-10-11-22(12-17)16-8-6-15(7-9-16)21-18(23)20-14-4-2-13(19)3-5-14/h2-9,17H,10-12H2,1H3,(H2,20,21,23). The van der Waals surface area contributed by atoms with Gasteiger partial charge >= 0.3 is 6.03 Å². The monoisotopic (exact) mass is 329 g/mol. The molecule has 2 aromatic carbocycles. The number of amides is 2. The molecule has 0 aromatic heterocycles. The molecular formula is C18H20FN3O2. The van der Waals surface area contributed by atoms with Crippen molar-refractivity contribution in [2.75, 3.05) is 35.7 Å². The molecule has 2 amide bonds. The van der Waals surface area contributed by atoms with Crippen molar-refractivity contribution < 1.29 is 13.9 Å². The number of hydrogen-bond acceptors (Lipinski definition) is 3. The Morgan fingerprint density at radius 2 is 1.67 bits per heavy atom. The molecule has 0 radical (unpaired) electrons. The Kier molecular flexibility index (Phi) is 4.96. The van der Waals surface area contributed by atoms with Crippen LogP contribution in [0.15, 0.2) is 48.5 Å². The maximum absolute atomic E-state index is 12.8. The lowest BCUT2D eigenvalue weighted by molar-refractivity contribution is 0.121. The number of carbonyl (C=O) groups excluding carboxylic acids is 1. The first-order valence-corrected chi connectivity index (χ1v) is 7.85. The molecule has 0 aliphatic carbocycles. The summed E-state index contributed by atoms with van der Waals surface area (Å²) in [6.45, 7) is 1.85. The fraction of sp³-hybridized carbons (Fsp3) is 0.278. The van der Waals surface area contributed by atoms with E-state index < -0.39 is 0 Å². The van der Waals surface area contributed by atoms with Gasteiger partial charge in [0, 0.05) is 37.3 Å². The van der Waals surface area contributed by atoms with Crippen molar-refractivity contribution in [1.29, 1.82) is 0 Å². The van der Waals surface area contributed by atoms with Gasteiger partial charge in [0.05, 0.1) is 6.10 Å². The second kappa shape index (κ2) is 7.31. The third kappa shape index (κ3) is 4.02. The lowest BCUT2D eigenvalue weighted by atomic mass is 10.2. The molecule has 1 unspecified atom stereocenters. The van der Waals surface area contributed by atoms with Gasteiger partial charge in [0.2, 0.25) is 0 Å². The fourth-order valence-electron chi connectivity index (χ4n) is 2.74. The van der Waals surface area contributed by atoms with Crippen molar-refractivity contribution in [3.05, 3.63) is 54.3 Å². The van der Waals surface area contributed by atoms with Crippen LogP contribution < -0.4 is 15.5 Å². The molecule has 1 fully saturated rings. The van der Waals surface area contributed by atoms with Gasteiger partial charge in [0.25, 0.3) is 0 Å². The van der Waals surface area contributed by atoms with Crippen molar-refractivity contribution >= 4 is 23.1 Å². The first-order valence-electron chi connectivity index (χ1n) is 7.85. The highest BCUT2D eigenvalue weighted by Crippen LogP contribution is 2.23. The van der Waals surface area contributed by atoms with E-state index in [0.717, 1.165) is 25.2 Å². The molecule has 3 rings (SSSR count). The minimum Gasteiger partial charge on any atom is -0.380 e. The lowest BCUT2D eigenvalue weighted by Gasteiger charge is -2.18. The van der Waals surface area contributed by atoms with Gasteiger partial charge in [-0.3, -0.25) is 0 Å². The first-order chi connectivity index (χ1) is 11.6. The highest BCUT2D eigenvalue weighted by Gasteiger charge is 2.22. The van der Waals surface area contributed by atoms with Crippen LogP contribution in [0, 0.1) is 5.82 Å². The number of urea groups is 1. The van der Waals surface area contributed by atoms with Crippen molar-refractivity contribution in [2.45, 2.75) is 12.5 Å². The summed E-state index contributed by atoms with van der Waals surface area (Å²) in [7, 11) is 1.74. The van der Waals surface area contributed by atoms with Crippen molar-refractivity contribution in [3.63, 3.8) is 0 Å². The molecule has 0 saturated carbocycles. The molecule has 1 aliphatic rings. The van der Waals surface area contributed by atoms with E-state index in [1.54, 1.807) is 7.11 Å². The molecule has 1 heterocycles. The minimum absolute atomic E-state index is 0.282. The Balaban J connectivity index is 1.56. The quantitative estimate of drug-likeness (QED) is 0.899. The van der Waals surface area contributed by atoms with Crippen LogP contribution in [0.4, 0.5) is 26.2 Å². The third-order valence-corrected chi connectivity index (χ3v) is 4.07. The molecule has 0 bridgehead atoms. The maximum atomic E-state index is 12.8. The van der Waals surface area contributed by atoms with E-state index in [1.807, 2.05) is 24.3 Å². The van der Waals surface area contributed by atoms with Gasteiger partial charge in [-0.2, -0.15) is 0 Å². The molecule has 2 N–H and O–H groups in total. The highest BCUT2D eigenvalue weighted by atomic mass is 19.1. The van der Waals surface area contributed by atoms with Gasteiger partial charge < -0.3 is 20.3 Å². The number of benzene rings is 2. The SMILES string of the molecule is COC1CCN(c2ccc(NC(=O)Nc3ccc(F)cc3)cc2)C1. The molecule has 1 atom stereocenters. The van der Waals surface area contributed by atoms with Crippen LogP contribution in [0.1, 0.15) is 6.42 Å². The van der Waals surface area contributed by atoms with E-state index in [0.29, 0.717) is 11.4 Å². The molecule has 1 aliphatic heterocycles. The van der Waals surface area contributed by atoms with Gasteiger partial charge in [-0.15, -0.1) is 0 Å². The molecule has 0 spiro atoms. The summed E-state index contributed by atoms with van der Waals surface area (Å²) in [5.41, 5.74) is 2.34. The Morgan fingerprint density at radius 3 is 2.21 bits per heavy atom. The molecule has 6 heteroatoms. The zero-order valence-electron chi connectivity index (χ0n) is 13.5. The molecule has 24 heavy (non-hydrogen) atoms. The summed E-state index contributed by atoms with van der Waals surface area (Å²) in [4.78, 5) is 14.2. The number of ether oxygens (including phenoxy) is 1. The minimum atomic E-state index is -0.366. The summed E-state index contributed by atoms with van der Waals surface area (Å²) in [5.74, 6) is -0.339. The molecular weight excluding hydrogens is 309 g/mol. The predicted octanol–water partition coefficient (Wildman–Crippen LogP) is 3.69. The molecule has 1 saturated heterocycles. The normalized spacial score (nSPS) is 16.9. The van der Waals surface area contributed by atoms with Crippen LogP contribution in [0.2, 0.25) is 0 Å². The predicted molar refractivity (Wildman–Crippen MR) is 93.1 cm³/mol. The van der Waals surface area contributed by atoms with E-state index in [4.69, 9.17) is 4.74 Å². The Hall–Kier alpha value is -2.60. The van der Waals surface area contributed by atoms with Gasteiger partial charge in [0.1, 0.15) is 5.82 Å². The van der Waals surface area contributed by atoms with Crippen molar-refractivity contribution in [2.24, 2.45) is 0 Å². The molecule has 126 valence electrons. The van der Waals surface area contributed by atoms with E-state index >= 15 is 0 Å². The van der Waals surface area contributed by atoms with E-state index in [1.165, 1.54) is 24.3 Å². The summed E-state index contributed by atoms with van der Waals surface area (Å²) in [6, 6.07) is 12.9. The number of carbonyl (C=O) groups is 1. The van der Waals surface area contributed by atoms with Crippen LogP contribution in [0.5, 0.6) is 0 Å². The summed E-state index contributed by atoms with van der Waals surface area (Å²) in [5, 5.41) is 5.41. The van der Waals surface area contributed by atoms with Gasteiger partial charge in [-0.25, -0.2) is 9.18 Å². The zero-order valence-corrected chi connectivity index (χ0v) is 13.5. The average molecular weight is 329 g/mol. The Morgan fingerprint density at radius 1 is 1.08 bits per heavy atom. The maximum Gasteiger partial charge on any atom is 0.323 e. The van der Waals surface area contributed by atoms with Crippen LogP contribution in [0.3, 0.4) is 0 Å². The zero-order chi connectivity index (χ0) is 16.9.